The molecule has 0 aromatic heterocycles. The summed E-state index contributed by atoms with van der Waals surface area (Å²) in [6.45, 7) is 11.4. The van der Waals surface area contributed by atoms with E-state index in [4.69, 9.17) is 14.2 Å². The highest BCUT2D eigenvalue weighted by atomic mass is 16.6. The molecule has 0 fully saturated rings. The standard InChI is InChI=1S/C57H110O6/c1-6-8-9-10-11-12-13-20-25-28-33-39-44-49-57(60)63-54(51-62-56(59)48-43-38-34-29-30-35-40-45-52(3)4)50-61-55(58)47-42-37-32-27-24-22-19-17-15-14-16-18-21-23-26-31-36-41-46-53(5)7-2/h52-54H,6-51H2,1-5H3/t53?,54-/m1/s1. The Morgan fingerprint density at radius 1 is 0.333 bits per heavy atom. The lowest BCUT2D eigenvalue weighted by Gasteiger charge is -2.18. The van der Waals surface area contributed by atoms with E-state index in [1.807, 2.05) is 0 Å². The molecule has 63 heavy (non-hydrogen) atoms. The van der Waals surface area contributed by atoms with Gasteiger partial charge in [0.25, 0.3) is 0 Å². The van der Waals surface area contributed by atoms with Crippen LogP contribution in [0.5, 0.6) is 0 Å². The highest BCUT2D eigenvalue weighted by Gasteiger charge is 2.19. The van der Waals surface area contributed by atoms with Crippen LogP contribution in [-0.4, -0.2) is 37.2 Å². The minimum Gasteiger partial charge on any atom is -0.462 e. The van der Waals surface area contributed by atoms with E-state index in [1.165, 1.54) is 205 Å². The van der Waals surface area contributed by atoms with E-state index in [2.05, 4.69) is 34.6 Å². The first-order valence-corrected chi connectivity index (χ1v) is 28.3. The smallest absolute Gasteiger partial charge is 0.306 e. The first kappa shape index (κ1) is 61.4. The second-order valence-electron chi connectivity index (χ2n) is 20.3. The van der Waals surface area contributed by atoms with Crippen molar-refractivity contribution in [3.63, 3.8) is 0 Å². The van der Waals surface area contributed by atoms with Gasteiger partial charge in [0, 0.05) is 19.3 Å². The number of unbranched alkanes of at least 4 members (excludes halogenated alkanes) is 35. The van der Waals surface area contributed by atoms with Crippen LogP contribution in [0.4, 0.5) is 0 Å². The van der Waals surface area contributed by atoms with E-state index in [-0.39, 0.29) is 31.1 Å². The van der Waals surface area contributed by atoms with Gasteiger partial charge in [-0.3, -0.25) is 14.4 Å². The number of esters is 3. The van der Waals surface area contributed by atoms with Crippen LogP contribution < -0.4 is 0 Å². The molecule has 0 saturated carbocycles. The second kappa shape index (κ2) is 49.8. The molecule has 0 rings (SSSR count). The molecule has 0 aliphatic rings. The molecule has 374 valence electrons. The zero-order chi connectivity index (χ0) is 46.1. The fourth-order valence-electron chi connectivity index (χ4n) is 8.66. The lowest BCUT2D eigenvalue weighted by molar-refractivity contribution is -0.167. The number of carbonyl (C=O) groups is 3. The molecule has 0 amide bonds. The van der Waals surface area contributed by atoms with Crippen molar-refractivity contribution in [1.82, 2.24) is 0 Å². The van der Waals surface area contributed by atoms with Gasteiger partial charge in [0.05, 0.1) is 0 Å². The van der Waals surface area contributed by atoms with Crippen LogP contribution in [0.15, 0.2) is 0 Å². The van der Waals surface area contributed by atoms with Crippen molar-refractivity contribution in [2.45, 2.75) is 323 Å². The molecular weight excluding hydrogens is 781 g/mol. The predicted molar refractivity (Wildman–Crippen MR) is 270 cm³/mol. The minimum atomic E-state index is -0.762. The van der Waals surface area contributed by atoms with E-state index in [9.17, 15) is 14.4 Å². The summed E-state index contributed by atoms with van der Waals surface area (Å²) in [6, 6.07) is 0. The van der Waals surface area contributed by atoms with Crippen molar-refractivity contribution < 1.29 is 28.6 Å². The number of ether oxygens (including phenoxy) is 3. The molecular formula is C57H110O6. The van der Waals surface area contributed by atoms with Gasteiger partial charge in [-0.1, -0.05) is 279 Å². The Bertz CT molecular complexity index is 964. The Kier molecular flexibility index (Phi) is 48.6. The number of hydrogen-bond donors (Lipinski definition) is 0. The third-order valence-corrected chi connectivity index (χ3v) is 13.3. The molecule has 1 unspecified atom stereocenters. The molecule has 0 N–H and O–H groups in total. The van der Waals surface area contributed by atoms with Crippen molar-refractivity contribution in [2.24, 2.45) is 11.8 Å². The van der Waals surface area contributed by atoms with Crippen LogP contribution in [0, 0.1) is 11.8 Å². The van der Waals surface area contributed by atoms with Gasteiger partial charge in [-0.2, -0.15) is 0 Å². The summed E-state index contributed by atoms with van der Waals surface area (Å²) >= 11 is 0. The van der Waals surface area contributed by atoms with Crippen molar-refractivity contribution >= 4 is 17.9 Å². The maximum Gasteiger partial charge on any atom is 0.306 e. The van der Waals surface area contributed by atoms with Crippen LogP contribution in [0.25, 0.3) is 0 Å². The first-order valence-electron chi connectivity index (χ1n) is 28.3. The van der Waals surface area contributed by atoms with Crippen molar-refractivity contribution in [1.29, 1.82) is 0 Å². The number of carbonyl (C=O) groups excluding carboxylic acids is 3. The largest absolute Gasteiger partial charge is 0.462 e. The average molecular weight is 892 g/mol. The maximum atomic E-state index is 12.8. The van der Waals surface area contributed by atoms with E-state index in [0.29, 0.717) is 19.3 Å². The monoisotopic (exact) mass is 891 g/mol. The minimum absolute atomic E-state index is 0.0635. The Labute approximate surface area is 393 Å². The molecule has 0 aromatic rings. The highest BCUT2D eigenvalue weighted by molar-refractivity contribution is 5.71. The molecule has 0 radical (unpaired) electrons. The Hall–Kier alpha value is -1.59. The summed E-state index contributed by atoms with van der Waals surface area (Å²) < 4.78 is 16.8. The Morgan fingerprint density at radius 2 is 0.603 bits per heavy atom. The summed E-state index contributed by atoms with van der Waals surface area (Å²) in [5, 5.41) is 0. The summed E-state index contributed by atoms with van der Waals surface area (Å²) in [7, 11) is 0. The summed E-state index contributed by atoms with van der Waals surface area (Å²) in [6.07, 6.45) is 52.4. The lowest BCUT2D eigenvalue weighted by Crippen LogP contribution is -2.30. The Morgan fingerprint density at radius 3 is 0.905 bits per heavy atom. The zero-order valence-electron chi connectivity index (χ0n) is 43.2. The van der Waals surface area contributed by atoms with Crippen LogP contribution in [0.1, 0.15) is 317 Å². The third kappa shape index (κ3) is 49.7. The summed E-state index contributed by atoms with van der Waals surface area (Å²) in [4.78, 5) is 38.0. The van der Waals surface area contributed by atoms with Crippen molar-refractivity contribution in [2.75, 3.05) is 13.2 Å². The fraction of sp³-hybridized carbons (Fsp3) is 0.947. The maximum absolute atomic E-state index is 12.8. The van der Waals surface area contributed by atoms with E-state index in [0.717, 1.165) is 69.6 Å². The molecule has 0 aromatic carbocycles. The molecule has 0 aliphatic heterocycles. The summed E-state index contributed by atoms with van der Waals surface area (Å²) in [5.74, 6) is 0.846. The van der Waals surface area contributed by atoms with Gasteiger partial charge in [-0.25, -0.2) is 0 Å². The van der Waals surface area contributed by atoms with Crippen LogP contribution >= 0.6 is 0 Å². The fourth-order valence-corrected chi connectivity index (χ4v) is 8.66. The molecule has 0 aliphatic carbocycles. The quantitative estimate of drug-likeness (QED) is 0.0344. The average Bonchev–Trinajstić information content (AvgIpc) is 3.27. The van der Waals surface area contributed by atoms with Crippen LogP contribution in [0.3, 0.4) is 0 Å². The van der Waals surface area contributed by atoms with E-state index in [1.54, 1.807) is 0 Å². The van der Waals surface area contributed by atoms with Gasteiger partial charge in [-0.05, 0) is 31.1 Å². The molecule has 0 saturated heterocycles. The van der Waals surface area contributed by atoms with Crippen molar-refractivity contribution in [3.05, 3.63) is 0 Å². The van der Waals surface area contributed by atoms with Gasteiger partial charge < -0.3 is 14.2 Å². The molecule has 2 atom stereocenters. The molecule has 6 nitrogen and oxygen atoms in total. The lowest BCUT2D eigenvalue weighted by atomic mass is 9.99. The normalized spacial score (nSPS) is 12.5. The number of hydrogen-bond acceptors (Lipinski definition) is 6. The molecule has 0 spiro atoms. The van der Waals surface area contributed by atoms with Crippen molar-refractivity contribution in [3.8, 4) is 0 Å². The van der Waals surface area contributed by atoms with Gasteiger partial charge >= 0.3 is 17.9 Å². The van der Waals surface area contributed by atoms with E-state index < -0.39 is 6.10 Å². The topological polar surface area (TPSA) is 78.9 Å². The van der Waals surface area contributed by atoms with Crippen LogP contribution in [-0.2, 0) is 28.6 Å². The Balaban J connectivity index is 4.18. The van der Waals surface area contributed by atoms with Gasteiger partial charge in [0.1, 0.15) is 13.2 Å². The predicted octanol–water partition coefficient (Wildman–Crippen LogP) is 18.5. The zero-order valence-corrected chi connectivity index (χ0v) is 43.2. The van der Waals surface area contributed by atoms with E-state index >= 15 is 0 Å². The SMILES string of the molecule is CCCCCCCCCCCCCCCC(=O)O[C@H](COC(=O)CCCCCCCCCCCCCCCCCCCCC(C)CC)COC(=O)CCCCCCCCCC(C)C. The highest BCUT2D eigenvalue weighted by Crippen LogP contribution is 2.18. The molecule has 0 bridgehead atoms. The molecule has 6 heteroatoms. The third-order valence-electron chi connectivity index (χ3n) is 13.3. The van der Waals surface area contributed by atoms with Crippen LogP contribution in [0.2, 0.25) is 0 Å². The first-order chi connectivity index (χ1) is 30.8. The van der Waals surface area contributed by atoms with Gasteiger partial charge in [0.2, 0.25) is 0 Å². The molecule has 0 heterocycles. The summed E-state index contributed by atoms with van der Waals surface area (Å²) in [5.41, 5.74) is 0. The van der Waals surface area contributed by atoms with Gasteiger partial charge in [0.15, 0.2) is 6.10 Å². The second-order valence-corrected chi connectivity index (χ2v) is 20.3. The number of rotatable bonds is 51. The van der Waals surface area contributed by atoms with Gasteiger partial charge in [-0.15, -0.1) is 0 Å².